The third kappa shape index (κ3) is 7.40. The highest BCUT2D eigenvalue weighted by atomic mass is 35.5. The molecule has 0 fully saturated rings. The lowest BCUT2D eigenvalue weighted by Gasteiger charge is -2.05. The van der Waals surface area contributed by atoms with Crippen LogP contribution in [0.4, 0.5) is 0 Å². The molecule has 0 unspecified atom stereocenters. The second kappa shape index (κ2) is 8.54. The number of halogens is 1. The Balaban J connectivity index is 0.00000256. The lowest BCUT2D eigenvalue weighted by atomic mass is 10.1. The molecule has 0 bridgehead atoms. The average Bonchev–Trinajstić information content (AvgIpc) is 2.59. The molecule has 1 aromatic heterocycles. The standard InChI is InChI=1S/C13H25N3.ClH/c1-11(2)5-6-14-7-13-8-15-16(10-13)9-12(3)4;/h8,10-12,14H,5-7,9H2,1-4H3;1H. The minimum atomic E-state index is 0. The molecule has 0 aromatic carbocycles. The van der Waals surface area contributed by atoms with Crippen LogP contribution in [0.3, 0.4) is 0 Å². The van der Waals surface area contributed by atoms with Gasteiger partial charge in [0.15, 0.2) is 0 Å². The van der Waals surface area contributed by atoms with E-state index in [4.69, 9.17) is 0 Å². The maximum atomic E-state index is 4.35. The first kappa shape index (κ1) is 16.5. The third-order valence-electron chi connectivity index (χ3n) is 2.47. The first-order valence-electron chi connectivity index (χ1n) is 6.30. The van der Waals surface area contributed by atoms with Gasteiger partial charge in [-0.1, -0.05) is 27.7 Å². The summed E-state index contributed by atoms with van der Waals surface area (Å²) in [5, 5.41) is 7.79. The fourth-order valence-corrected chi connectivity index (χ4v) is 1.60. The number of nitrogens with one attached hydrogen (secondary N) is 1. The van der Waals surface area contributed by atoms with Gasteiger partial charge in [-0.15, -0.1) is 12.4 Å². The van der Waals surface area contributed by atoms with E-state index in [-0.39, 0.29) is 12.4 Å². The largest absolute Gasteiger partial charge is 0.313 e. The van der Waals surface area contributed by atoms with Gasteiger partial charge in [0.2, 0.25) is 0 Å². The zero-order valence-corrected chi connectivity index (χ0v) is 12.3. The molecule has 0 amide bonds. The van der Waals surface area contributed by atoms with Gasteiger partial charge in [-0.2, -0.15) is 5.10 Å². The van der Waals surface area contributed by atoms with Gasteiger partial charge in [0.25, 0.3) is 0 Å². The smallest absolute Gasteiger partial charge is 0.0534 e. The van der Waals surface area contributed by atoms with Crippen LogP contribution in [0.2, 0.25) is 0 Å². The van der Waals surface area contributed by atoms with Gasteiger partial charge in [0.1, 0.15) is 0 Å². The van der Waals surface area contributed by atoms with E-state index in [0.29, 0.717) is 5.92 Å². The first-order valence-corrected chi connectivity index (χ1v) is 6.30. The summed E-state index contributed by atoms with van der Waals surface area (Å²) in [7, 11) is 0. The minimum Gasteiger partial charge on any atom is -0.313 e. The summed E-state index contributed by atoms with van der Waals surface area (Å²) in [5.41, 5.74) is 1.28. The predicted octanol–water partition coefficient (Wildman–Crippen LogP) is 3.10. The van der Waals surface area contributed by atoms with E-state index < -0.39 is 0 Å². The normalized spacial score (nSPS) is 10.9. The van der Waals surface area contributed by atoms with Crippen LogP contribution in [0.5, 0.6) is 0 Å². The van der Waals surface area contributed by atoms with E-state index in [1.807, 2.05) is 10.9 Å². The Labute approximate surface area is 111 Å². The molecular weight excluding hydrogens is 234 g/mol. The molecule has 0 saturated carbocycles. The number of hydrogen-bond donors (Lipinski definition) is 1. The number of hydrogen-bond acceptors (Lipinski definition) is 2. The SMILES string of the molecule is CC(C)CCNCc1cnn(CC(C)C)c1.Cl. The Bertz CT molecular complexity index is 295. The molecule has 1 N–H and O–H groups in total. The summed E-state index contributed by atoms with van der Waals surface area (Å²) < 4.78 is 2.03. The zero-order chi connectivity index (χ0) is 12.0. The van der Waals surface area contributed by atoms with Crippen molar-refractivity contribution in [3.8, 4) is 0 Å². The molecular formula is C13H26ClN3. The van der Waals surface area contributed by atoms with Crippen molar-refractivity contribution < 1.29 is 0 Å². The lowest BCUT2D eigenvalue weighted by molar-refractivity contribution is 0.482. The molecule has 0 saturated heterocycles. The Morgan fingerprint density at radius 1 is 1.24 bits per heavy atom. The third-order valence-corrected chi connectivity index (χ3v) is 2.47. The minimum absolute atomic E-state index is 0. The van der Waals surface area contributed by atoms with Crippen molar-refractivity contribution in [3.63, 3.8) is 0 Å². The number of nitrogens with zero attached hydrogens (tertiary/aromatic N) is 2. The molecule has 0 spiro atoms. The summed E-state index contributed by atoms with van der Waals surface area (Å²) in [4.78, 5) is 0. The second-order valence-corrected chi connectivity index (χ2v) is 5.32. The second-order valence-electron chi connectivity index (χ2n) is 5.32. The van der Waals surface area contributed by atoms with Crippen LogP contribution in [0, 0.1) is 11.8 Å². The van der Waals surface area contributed by atoms with Crippen LogP contribution in [0.25, 0.3) is 0 Å². The summed E-state index contributed by atoms with van der Waals surface area (Å²) in [6, 6.07) is 0. The first-order chi connectivity index (χ1) is 7.58. The molecule has 0 aliphatic heterocycles. The summed E-state index contributed by atoms with van der Waals surface area (Å²) >= 11 is 0. The molecule has 1 rings (SSSR count). The molecule has 0 aliphatic rings. The van der Waals surface area contributed by atoms with Crippen LogP contribution < -0.4 is 5.32 Å². The monoisotopic (exact) mass is 259 g/mol. The van der Waals surface area contributed by atoms with E-state index in [1.165, 1.54) is 12.0 Å². The van der Waals surface area contributed by atoms with Gasteiger partial charge in [0, 0.05) is 24.8 Å². The highest BCUT2D eigenvalue weighted by molar-refractivity contribution is 5.85. The highest BCUT2D eigenvalue weighted by Gasteiger charge is 2.00. The number of aromatic nitrogens is 2. The number of rotatable bonds is 7. The Kier molecular flexibility index (Phi) is 8.26. The Hall–Kier alpha value is -0.540. The van der Waals surface area contributed by atoms with Crippen molar-refractivity contribution in [2.75, 3.05) is 6.54 Å². The quantitative estimate of drug-likeness (QED) is 0.763. The lowest BCUT2D eigenvalue weighted by Crippen LogP contribution is -2.15. The summed E-state index contributed by atoms with van der Waals surface area (Å²) in [6.07, 6.45) is 5.34. The summed E-state index contributed by atoms with van der Waals surface area (Å²) in [5.74, 6) is 1.43. The van der Waals surface area contributed by atoms with Crippen molar-refractivity contribution in [1.82, 2.24) is 15.1 Å². The van der Waals surface area contributed by atoms with Crippen LogP contribution in [0.1, 0.15) is 39.7 Å². The molecule has 100 valence electrons. The Morgan fingerprint density at radius 3 is 2.53 bits per heavy atom. The van der Waals surface area contributed by atoms with Crippen LogP contribution in [0.15, 0.2) is 12.4 Å². The van der Waals surface area contributed by atoms with E-state index in [2.05, 4.69) is 44.3 Å². The van der Waals surface area contributed by atoms with Crippen LogP contribution >= 0.6 is 12.4 Å². The van der Waals surface area contributed by atoms with Crippen molar-refractivity contribution >= 4 is 12.4 Å². The van der Waals surface area contributed by atoms with Gasteiger partial charge in [-0.3, -0.25) is 4.68 Å². The molecule has 1 aromatic rings. The van der Waals surface area contributed by atoms with Crippen molar-refractivity contribution in [3.05, 3.63) is 18.0 Å². The molecule has 17 heavy (non-hydrogen) atoms. The molecule has 1 heterocycles. The van der Waals surface area contributed by atoms with Crippen LogP contribution in [-0.4, -0.2) is 16.3 Å². The van der Waals surface area contributed by atoms with E-state index in [1.54, 1.807) is 0 Å². The zero-order valence-electron chi connectivity index (χ0n) is 11.4. The highest BCUT2D eigenvalue weighted by Crippen LogP contribution is 2.02. The van der Waals surface area contributed by atoms with Crippen molar-refractivity contribution in [2.45, 2.75) is 47.2 Å². The molecule has 0 radical (unpaired) electrons. The van der Waals surface area contributed by atoms with Gasteiger partial charge >= 0.3 is 0 Å². The van der Waals surface area contributed by atoms with Gasteiger partial charge in [-0.25, -0.2) is 0 Å². The van der Waals surface area contributed by atoms with E-state index in [9.17, 15) is 0 Å². The van der Waals surface area contributed by atoms with Gasteiger partial charge in [0.05, 0.1) is 6.20 Å². The molecule has 0 aliphatic carbocycles. The fraction of sp³-hybridized carbons (Fsp3) is 0.769. The predicted molar refractivity (Wildman–Crippen MR) is 75.5 cm³/mol. The van der Waals surface area contributed by atoms with Gasteiger partial charge in [-0.05, 0) is 24.8 Å². The van der Waals surface area contributed by atoms with Crippen molar-refractivity contribution in [1.29, 1.82) is 0 Å². The maximum absolute atomic E-state index is 4.35. The maximum Gasteiger partial charge on any atom is 0.0534 e. The van der Waals surface area contributed by atoms with E-state index >= 15 is 0 Å². The fourth-order valence-electron chi connectivity index (χ4n) is 1.60. The Morgan fingerprint density at radius 2 is 1.94 bits per heavy atom. The molecule has 4 heteroatoms. The summed E-state index contributed by atoms with van der Waals surface area (Å²) in [6.45, 7) is 12.0. The molecule has 0 atom stereocenters. The average molecular weight is 260 g/mol. The molecule has 3 nitrogen and oxygen atoms in total. The van der Waals surface area contributed by atoms with Crippen molar-refractivity contribution in [2.24, 2.45) is 11.8 Å². The topological polar surface area (TPSA) is 29.9 Å². The van der Waals surface area contributed by atoms with Gasteiger partial charge < -0.3 is 5.32 Å². The van der Waals surface area contributed by atoms with Crippen LogP contribution in [-0.2, 0) is 13.1 Å². The van der Waals surface area contributed by atoms with E-state index in [0.717, 1.165) is 25.6 Å².